The van der Waals surface area contributed by atoms with Gasteiger partial charge in [-0.15, -0.1) is 24.0 Å². The van der Waals surface area contributed by atoms with E-state index in [4.69, 9.17) is 26.8 Å². The maximum absolute atomic E-state index is 6.08. The minimum Gasteiger partial charge on any atom is -0.496 e. The van der Waals surface area contributed by atoms with Gasteiger partial charge in [0, 0.05) is 15.7 Å². The van der Waals surface area contributed by atoms with Gasteiger partial charge in [0.05, 0.1) is 25.8 Å². The summed E-state index contributed by atoms with van der Waals surface area (Å²) in [7, 11) is 3.19. The maximum atomic E-state index is 6.08. The van der Waals surface area contributed by atoms with Crippen LogP contribution in [0.15, 0.2) is 45.9 Å². The van der Waals surface area contributed by atoms with Gasteiger partial charge in [-0.3, -0.25) is 0 Å². The number of aliphatic imine (C=N–C) groups is 1. The van der Waals surface area contributed by atoms with Crippen molar-refractivity contribution in [3.63, 3.8) is 0 Å². The Hall–Kier alpha value is -1.19. The van der Waals surface area contributed by atoms with E-state index in [1.54, 1.807) is 26.4 Å². The van der Waals surface area contributed by atoms with E-state index in [1.165, 1.54) is 0 Å². The van der Waals surface area contributed by atoms with Crippen LogP contribution in [0, 0.1) is 0 Å². The van der Waals surface area contributed by atoms with E-state index in [0.29, 0.717) is 17.3 Å². The molecule has 0 amide bonds. The summed E-state index contributed by atoms with van der Waals surface area (Å²) in [6.07, 6.45) is 0. The Morgan fingerprint density at radius 3 is 2.46 bits per heavy atom. The molecule has 0 saturated heterocycles. The molecule has 130 valence electrons. The smallest absolute Gasteiger partial charge is 0.193 e. The van der Waals surface area contributed by atoms with Crippen LogP contribution in [0.25, 0.3) is 0 Å². The largest absolute Gasteiger partial charge is 0.496 e. The Kier molecular flexibility index (Phi) is 8.65. The van der Waals surface area contributed by atoms with Crippen LogP contribution in [0.2, 0.25) is 5.02 Å². The van der Waals surface area contributed by atoms with E-state index >= 15 is 0 Å². The van der Waals surface area contributed by atoms with Crippen molar-refractivity contribution in [2.24, 2.45) is 10.7 Å². The summed E-state index contributed by atoms with van der Waals surface area (Å²) in [4.78, 5) is 4.32. The van der Waals surface area contributed by atoms with Crippen molar-refractivity contribution in [1.29, 1.82) is 0 Å². The van der Waals surface area contributed by atoms with E-state index in [0.717, 1.165) is 21.5 Å². The van der Waals surface area contributed by atoms with Gasteiger partial charge < -0.3 is 20.5 Å². The molecule has 0 radical (unpaired) electrons. The third kappa shape index (κ3) is 5.71. The normalized spacial score (nSPS) is 10.8. The molecule has 5 nitrogen and oxygen atoms in total. The second-order valence-electron chi connectivity index (χ2n) is 4.63. The van der Waals surface area contributed by atoms with Crippen molar-refractivity contribution in [2.45, 2.75) is 6.54 Å². The van der Waals surface area contributed by atoms with Crippen LogP contribution in [0.1, 0.15) is 5.56 Å². The first kappa shape index (κ1) is 20.9. The van der Waals surface area contributed by atoms with E-state index in [9.17, 15) is 0 Å². The molecule has 2 rings (SSSR count). The first-order valence-electron chi connectivity index (χ1n) is 6.76. The summed E-state index contributed by atoms with van der Waals surface area (Å²) in [5.41, 5.74) is 7.58. The third-order valence-corrected chi connectivity index (χ3v) is 3.88. The first-order valence-corrected chi connectivity index (χ1v) is 7.93. The molecule has 0 unspecified atom stereocenters. The zero-order valence-electron chi connectivity index (χ0n) is 13.2. The molecule has 0 aliphatic heterocycles. The summed E-state index contributed by atoms with van der Waals surface area (Å²) >= 11 is 9.51. The van der Waals surface area contributed by atoms with Gasteiger partial charge in [-0.2, -0.15) is 0 Å². The van der Waals surface area contributed by atoms with E-state index in [2.05, 4.69) is 26.2 Å². The fraction of sp³-hybridized carbons (Fsp3) is 0.188. The second kappa shape index (κ2) is 9.95. The minimum absolute atomic E-state index is 0. The van der Waals surface area contributed by atoms with E-state index in [-0.39, 0.29) is 29.9 Å². The average Bonchev–Trinajstić information content (AvgIpc) is 2.53. The van der Waals surface area contributed by atoms with Gasteiger partial charge in [0.1, 0.15) is 11.5 Å². The van der Waals surface area contributed by atoms with Gasteiger partial charge >= 0.3 is 0 Å². The molecule has 0 atom stereocenters. The van der Waals surface area contributed by atoms with Gasteiger partial charge in [0.15, 0.2) is 5.96 Å². The number of anilines is 1. The number of nitrogens with zero attached hydrogens (tertiary/aromatic N) is 1. The number of nitrogens with two attached hydrogens (primary N) is 1. The zero-order chi connectivity index (χ0) is 16.8. The molecule has 24 heavy (non-hydrogen) atoms. The Bertz CT molecular complexity index is 728. The summed E-state index contributed by atoms with van der Waals surface area (Å²) in [5, 5.41) is 3.49. The lowest BCUT2D eigenvalue weighted by molar-refractivity contribution is 0.410. The molecule has 0 aliphatic carbocycles. The summed E-state index contributed by atoms with van der Waals surface area (Å²) in [6, 6.07) is 11.0. The number of hydrogen-bond donors (Lipinski definition) is 2. The molecule has 0 aromatic heterocycles. The number of guanidine groups is 1. The van der Waals surface area contributed by atoms with Crippen LogP contribution in [-0.4, -0.2) is 20.2 Å². The molecule has 0 aliphatic rings. The van der Waals surface area contributed by atoms with Gasteiger partial charge in [0.2, 0.25) is 0 Å². The van der Waals surface area contributed by atoms with Crippen LogP contribution in [0.4, 0.5) is 5.69 Å². The molecule has 0 saturated carbocycles. The molecule has 8 heteroatoms. The van der Waals surface area contributed by atoms with E-state index in [1.807, 2.05) is 24.3 Å². The summed E-state index contributed by atoms with van der Waals surface area (Å²) in [5.74, 6) is 1.65. The molecular weight excluding hydrogens is 508 g/mol. The highest BCUT2D eigenvalue weighted by atomic mass is 127. The summed E-state index contributed by atoms with van der Waals surface area (Å²) in [6.45, 7) is 0.394. The predicted octanol–water partition coefficient (Wildman–Crippen LogP) is 4.66. The fourth-order valence-corrected chi connectivity index (χ4v) is 2.64. The lowest BCUT2D eigenvalue weighted by atomic mass is 10.2. The molecule has 2 aromatic carbocycles. The summed E-state index contributed by atoms with van der Waals surface area (Å²) < 4.78 is 11.4. The maximum Gasteiger partial charge on any atom is 0.193 e. The van der Waals surface area contributed by atoms with Crippen molar-refractivity contribution in [3.8, 4) is 11.5 Å². The lowest BCUT2D eigenvalue weighted by Crippen LogP contribution is -2.22. The Morgan fingerprint density at radius 1 is 1.17 bits per heavy atom. The molecular formula is C16H18BrClIN3O2. The topological polar surface area (TPSA) is 68.9 Å². The van der Waals surface area contributed by atoms with Crippen LogP contribution >= 0.6 is 51.5 Å². The van der Waals surface area contributed by atoms with E-state index < -0.39 is 0 Å². The number of ether oxygens (including phenoxy) is 2. The van der Waals surface area contributed by atoms with Crippen molar-refractivity contribution in [3.05, 3.63) is 51.5 Å². The zero-order valence-corrected chi connectivity index (χ0v) is 17.8. The Morgan fingerprint density at radius 2 is 1.83 bits per heavy atom. The quantitative estimate of drug-likeness (QED) is 0.338. The van der Waals surface area contributed by atoms with Gasteiger partial charge in [0.25, 0.3) is 0 Å². The number of nitrogens with one attached hydrogen (secondary N) is 1. The second-order valence-corrected chi connectivity index (χ2v) is 5.95. The monoisotopic (exact) mass is 525 g/mol. The number of hydrogen-bond acceptors (Lipinski definition) is 3. The molecule has 3 N–H and O–H groups in total. The van der Waals surface area contributed by atoms with Gasteiger partial charge in [-0.25, -0.2) is 4.99 Å². The van der Waals surface area contributed by atoms with Crippen molar-refractivity contribution >= 4 is 63.2 Å². The highest BCUT2D eigenvalue weighted by molar-refractivity contribution is 14.0. The van der Waals surface area contributed by atoms with Crippen LogP contribution in [0.5, 0.6) is 11.5 Å². The SMILES string of the molecule is COc1ccc(NC(N)=NCc2cc(Br)ccc2OC)cc1Cl.I. The minimum atomic E-state index is 0. The average molecular weight is 527 g/mol. The van der Waals surface area contributed by atoms with Gasteiger partial charge in [-0.05, 0) is 36.4 Å². The standard InChI is InChI=1S/C16H17BrClN3O2.HI/c1-22-14-5-3-11(17)7-10(14)9-20-16(19)21-12-4-6-15(23-2)13(18)8-12;/h3-8H,9H2,1-2H3,(H3,19,20,21);1H. The molecule has 0 fully saturated rings. The first-order chi connectivity index (χ1) is 11.0. The Balaban J connectivity index is 0.00000288. The highest BCUT2D eigenvalue weighted by Crippen LogP contribution is 2.27. The number of rotatable bonds is 5. The van der Waals surface area contributed by atoms with Crippen LogP contribution < -0.4 is 20.5 Å². The number of benzene rings is 2. The van der Waals surface area contributed by atoms with Gasteiger partial charge in [-0.1, -0.05) is 27.5 Å². The molecule has 0 heterocycles. The lowest BCUT2D eigenvalue weighted by Gasteiger charge is -2.10. The van der Waals surface area contributed by atoms with Crippen LogP contribution in [-0.2, 0) is 6.54 Å². The predicted molar refractivity (Wildman–Crippen MR) is 113 cm³/mol. The number of methoxy groups -OCH3 is 2. The molecule has 0 spiro atoms. The highest BCUT2D eigenvalue weighted by Gasteiger charge is 2.05. The van der Waals surface area contributed by atoms with Crippen molar-refractivity contribution < 1.29 is 9.47 Å². The van der Waals surface area contributed by atoms with Crippen molar-refractivity contribution in [2.75, 3.05) is 19.5 Å². The van der Waals surface area contributed by atoms with Crippen LogP contribution in [0.3, 0.4) is 0 Å². The number of halogens is 3. The molecule has 2 aromatic rings. The van der Waals surface area contributed by atoms with Crippen molar-refractivity contribution in [1.82, 2.24) is 0 Å². The fourth-order valence-electron chi connectivity index (χ4n) is 1.97. The Labute approximate surface area is 171 Å². The molecule has 0 bridgehead atoms. The third-order valence-electron chi connectivity index (χ3n) is 3.09.